The maximum Gasteiger partial charge on any atom is 0.319 e. The highest BCUT2D eigenvalue weighted by Gasteiger charge is 2.19. The van der Waals surface area contributed by atoms with Gasteiger partial charge in [-0.2, -0.15) is 0 Å². The fraction of sp³-hybridized carbons (Fsp3) is 0.300. The molecular formula is C10H11F2N3O. The van der Waals surface area contributed by atoms with Gasteiger partial charge < -0.3 is 16.0 Å². The summed E-state index contributed by atoms with van der Waals surface area (Å²) in [6.45, 7) is 1.42. The molecule has 0 bridgehead atoms. The van der Waals surface area contributed by atoms with Gasteiger partial charge in [0.25, 0.3) is 0 Å². The molecule has 0 atom stereocenters. The Morgan fingerprint density at radius 3 is 2.69 bits per heavy atom. The standard InChI is InChI=1S/C10H11F2N3O/c11-6-1-2-9(8(12)3-6)15-10(16)14-7-4-13-5-7/h1-3,7,13H,4-5H2,(H2,14,15,16). The lowest BCUT2D eigenvalue weighted by Gasteiger charge is -2.27. The number of nitrogens with one attached hydrogen (secondary N) is 3. The molecule has 86 valence electrons. The van der Waals surface area contributed by atoms with Crippen LogP contribution in [0.15, 0.2) is 18.2 Å². The first kappa shape index (κ1) is 10.8. The van der Waals surface area contributed by atoms with Gasteiger partial charge in [-0.1, -0.05) is 0 Å². The van der Waals surface area contributed by atoms with Crippen molar-refractivity contribution < 1.29 is 13.6 Å². The minimum Gasteiger partial charge on any atom is -0.333 e. The first-order valence-electron chi connectivity index (χ1n) is 4.88. The zero-order valence-corrected chi connectivity index (χ0v) is 8.39. The Hall–Kier alpha value is -1.69. The van der Waals surface area contributed by atoms with Crippen LogP contribution in [0, 0.1) is 11.6 Å². The zero-order valence-electron chi connectivity index (χ0n) is 8.39. The molecule has 1 heterocycles. The third kappa shape index (κ3) is 2.46. The second-order valence-electron chi connectivity index (χ2n) is 3.58. The van der Waals surface area contributed by atoms with E-state index in [4.69, 9.17) is 0 Å². The molecule has 2 amide bonds. The summed E-state index contributed by atoms with van der Waals surface area (Å²) in [5, 5.41) is 7.93. The van der Waals surface area contributed by atoms with E-state index in [-0.39, 0.29) is 11.7 Å². The molecule has 6 heteroatoms. The molecule has 0 aliphatic carbocycles. The molecule has 0 aromatic heterocycles. The molecule has 3 N–H and O–H groups in total. The third-order valence-electron chi connectivity index (χ3n) is 2.30. The van der Waals surface area contributed by atoms with Crippen LogP contribution < -0.4 is 16.0 Å². The largest absolute Gasteiger partial charge is 0.333 e. The summed E-state index contributed by atoms with van der Waals surface area (Å²) < 4.78 is 25.7. The molecule has 0 unspecified atom stereocenters. The van der Waals surface area contributed by atoms with E-state index in [0.717, 1.165) is 12.1 Å². The van der Waals surface area contributed by atoms with Crippen LogP contribution in [-0.2, 0) is 0 Å². The van der Waals surface area contributed by atoms with Gasteiger partial charge in [-0.15, -0.1) is 0 Å². The lowest BCUT2D eigenvalue weighted by Crippen LogP contribution is -2.57. The molecule has 1 saturated heterocycles. The van der Waals surface area contributed by atoms with Gasteiger partial charge in [-0.25, -0.2) is 13.6 Å². The fourth-order valence-electron chi connectivity index (χ4n) is 1.33. The molecule has 1 aliphatic rings. The van der Waals surface area contributed by atoms with Crippen LogP contribution in [0.2, 0.25) is 0 Å². The lowest BCUT2D eigenvalue weighted by atomic mass is 10.2. The summed E-state index contributed by atoms with van der Waals surface area (Å²) in [5.41, 5.74) is -0.0359. The minimum atomic E-state index is -0.790. The van der Waals surface area contributed by atoms with E-state index in [1.165, 1.54) is 6.07 Å². The Labute approximate surface area is 91.0 Å². The van der Waals surface area contributed by atoms with E-state index in [9.17, 15) is 13.6 Å². The smallest absolute Gasteiger partial charge is 0.319 e. The van der Waals surface area contributed by atoms with Gasteiger partial charge in [0.1, 0.15) is 11.6 Å². The summed E-state index contributed by atoms with van der Waals surface area (Å²) >= 11 is 0. The summed E-state index contributed by atoms with van der Waals surface area (Å²) in [7, 11) is 0. The van der Waals surface area contributed by atoms with Crippen LogP contribution in [0.25, 0.3) is 0 Å². The monoisotopic (exact) mass is 227 g/mol. The molecule has 1 aliphatic heterocycles. The third-order valence-corrected chi connectivity index (χ3v) is 2.30. The average molecular weight is 227 g/mol. The number of halogens is 2. The van der Waals surface area contributed by atoms with Crippen molar-refractivity contribution in [3.8, 4) is 0 Å². The van der Waals surface area contributed by atoms with Gasteiger partial charge in [0.2, 0.25) is 0 Å². The molecule has 0 spiro atoms. The number of benzene rings is 1. The van der Waals surface area contributed by atoms with Gasteiger partial charge in [0.15, 0.2) is 0 Å². The summed E-state index contributed by atoms with van der Waals surface area (Å²) in [6, 6.07) is 2.58. The van der Waals surface area contributed by atoms with Crippen LogP contribution in [0.3, 0.4) is 0 Å². The normalized spacial score (nSPS) is 15.4. The summed E-state index contributed by atoms with van der Waals surface area (Å²) in [6.07, 6.45) is 0. The number of rotatable bonds is 2. The highest BCUT2D eigenvalue weighted by molar-refractivity contribution is 5.89. The molecule has 0 radical (unpaired) electrons. The molecule has 1 fully saturated rings. The quantitative estimate of drug-likeness (QED) is 0.707. The van der Waals surface area contributed by atoms with Gasteiger partial charge in [0.05, 0.1) is 11.7 Å². The number of hydrogen-bond donors (Lipinski definition) is 3. The van der Waals surface area contributed by atoms with Crippen molar-refractivity contribution in [3.63, 3.8) is 0 Å². The van der Waals surface area contributed by atoms with Crippen molar-refractivity contribution in [1.82, 2.24) is 10.6 Å². The Morgan fingerprint density at radius 1 is 1.38 bits per heavy atom. The van der Waals surface area contributed by atoms with Crippen molar-refractivity contribution in [1.29, 1.82) is 0 Å². The Balaban J connectivity index is 1.94. The maximum atomic E-state index is 13.1. The van der Waals surface area contributed by atoms with E-state index in [1.54, 1.807) is 0 Å². The van der Waals surface area contributed by atoms with Crippen molar-refractivity contribution >= 4 is 11.7 Å². The second-order valence-corrected chi connectivity index (χ2v) is 3.58. The van der Waals surface area contributed by atoms with E-state index in [2.05, 4.69) is 16.0 Å². The Morgan fingerprint density at radius 2 is 2.12 bits per heavy atom. The van der Waals surface area contributed by atoms with Crippen molar-refractivity contribution in [2.24, 2.45) is 0 Å². The first-order valence-corrected chi connectivity index (χ1v) is 4.88. The molecular weight excluding hydrogens is 216 g/mol. The van der Waals surface area contributed by atoms with Gasteiger partial charge in [0, 0.05) is 19.2 Å². The van der Waals surface area contributed by atoms with Crippen LogP contribution in [0.1, 0.15) is 0 Å². The second kappa shape index (κ2) is 4.44. The summed E-state index contributed by atoms with van der Waals surface area (Å²) in [4.78, 5) is 11.3. The Bertz CT molecular complexity index is 407. The number of carbonyl (C=O) groups is 1. The van der Waals surface area contributed by atoms with E-state index >= 15 is 0 Å². The topological polar surface area (TPSA) is 53.2 Å². The fourth-order valence-corrected chi connectivity index (χ4v) is 1.33. The molecule has 1 aromatic rings. The minimum absolute atomic E-state index is 0.0359. The Kier molecular flexibility index (Phi) is 3.00. The number of urea groups is 1. The van der Waals surface area contributed by atoms with Crippen LogP contribution >= 0.6 is 0 Å². The summed E-state index contributed by atoms with van der Waals surface area (Å²) in [5.74, 6) is -1.46. The molecule has 2 rings (SSSR count). The SMILES string of the molecule is O=C(Nc1ccc(F)cc1F)NC1CNC1. The lowest BCUT2D eigenvalue weighted by molar-refractivity contribution is 0.242. The van der Waals surface area contributed by atoms with E-state index < -0.39 is 17.7 Å². The predicted octanol–water partition coefficient (Wildman–Crippen LogP) is 1.06. The molecule has 1 aromatic carbocycles. The van der Waals surface area contributed by atoms with E-state index in [1.807, 2.05) is 0 Å². The van der Waals surface area contributed by atoms with Crippen LogP contribution in [0.4, 0.5) is 19.3 Å². The zero-order chi connectivity index (χ0) is 11.5. The molecule has 16 heavy (non-hydrogen) atoms. The number of carbonyl (C=O) groups excluding carboxylic acids is 1. The highest BCUT2D eigenvalue weighted by Crippen LogP contribution is 2.14. The van der Waals surface area contributed by atoms with Crippen molar-refractivity contribution in [2.45, 2.75) is 6.04 Å². The van der Waals surface area contributed by atoms with Crippen LogP contribution in [-0.4, -0.2) is 25.2 Å². The van der Waals surface area contributed by atoms with Crippen LogP contribution in [0.5, 0.6) is 0 Å². The van der Waals surface area contributed by atoms with Crippen molar-refractivity contribution in [2.75, 3.05) is 18.4 Å². The predicted molar refractivity (Wildman–Crippen MR) is 55.2 cm³/mol. The number of anilines is 1. The number of hydrogen-bond acceptors (Lipinski definition) is 2. The van der Waals surface area contributed by atoms with Gasteiger partial charge in [-0.05, 0) is 12.1 Å². The number of amides is 2. The molecule has 0 saturated carbocycles. The van der Waals surface area contributed by atoms with Gasteiger partial charge >= 0.3 is 6.03 Å². The van der Waals surface area contributed by atoms with Crippen molar-refractivity contribution in [3.05, 3.63) is 29.8 Å². The average Bonchev–Trinajstić information content (AvgIpc) is 2.16. The maximum absolute atomic E-state index is 13.1. The molecule has 4 nitrogen and oxygen atoms in total. The van der Waals surface area contributed by atoms with E-state index in [0.29, 0.717) is 13.1 Å². The van der Waals surface area contributed by atoms with Gasteiger partial charge in [-0.3, -0.25) is 0 Å². The first-order chi connectivity index (χ1) is 7.65. The highest BCUT2D eigenvalue weighted by atomic mass is 19.1.